The standard InChI is InChI=1S/C71H107ClF3N9O18/c1-53-13-12-14-59(66(53)80(11)67(90)54-15-16-58(72)56(45-54)57-48-79-60(71(73,74)75)46-55(57)47-76)99-28-17-61(85)77-18-29-91-31-33-93-35-37-95-39-41-97-43-44-98-42-40-96-38-36-94-34-32-92-30-19-78-62(86)49-81-20-22-82(50-63(87)100-68(2,3)4)24-26-84(52-65(89)102-70(8,9)10)27-25-83(23-21-81)51-64(88)101-69(5,6)7/h12-16,45-46,48H,17-44,49-52H2,1-11H3,(H,77,85)(H,78,86). The SMILES string of the molecule is Cc1cccc(OCCC(=O)NCCOCCOCCOCCOCCOCCOCCOCCOCCNC(=O)CN2CCN(CC(=O)OC(C)(C)C)CCN(CC(=O)OC(C)(C)C)CCN(CC(=O)OC(C)(C)C)CC2)c1N(C)C(=O)c1ccc(Cl)c(-c2cnc(C(F)(F)F)cc2C#N)c1. The molecule has 0 unspecified atom stereocenters. The molecular formula is C71H107ClF3N9O18. The number of carbonyl (C=O) groups is 6. The number of benzene rings is 2. The van der Waals surface area contributed by atoms with Gasteiger partial charge in [0.2, 0.25) is 11.8 Å². The maximum Gasteiger partial charge on any atom is 0.433 e. The predicted molar refractivity (Wildman–Crippen MR) is 374 cm³/mol. The summed E-state index contributed by atoms with van der Waals surface area (Å²) in [7, 11) is 1.53. The van der Waals surface area contributed by atoms with E-state index in [9.17, 15) is 47.2 Å². The highest BCUT2D eigenvalue weighted by molar-refractivity contribution is 6.33. The third-order valence-electron chi connectivity index (χ3n) is 14.6. The molecule has 31 heteroatoms. The van der Waals surface area contributed by atoms with Crippen LogP contribution >= 0.6 is 11.6 Å². The summed E-state index contributed by atoms with van der Waals surface area (Å²) in [6, 6.07) is 11.8. The van der Waals surface area contributed by atoms with E-state index in [0.717, 1.165) is 6.20 Å². The zero-order valence-electron chi connectivity index (χ0n) is 61.2. The van der Waals surface area contributed by atoms with Gasteiger partial charge in [0.1, 0.15) is 28.2 Å². The number of rotatable bonds is 42. The van der Waals surface area contributed by atoms with Gasteiger partial charge in [-0.2, -0.15) is 18.4 Å². The third kappa shape index (κ3) is 37.6. The second kappa shape index (κ2) is 46.2. The quantitative estimate of drug-likeness (QED) is 0.0359. The Morgan fingerprint density at radius 3 is 1.29 bits per heavy atom. The van der Waals surface area contributed by atoms with Gasteiger partial charge in [0.05, 0.1) is 162 Å². The van der Waals surface area contributed by atoms with Crippen LogP contribution in [0.1, 0.15) is 95.9 Å². The van der Waals surface area contributed by atoms with Crippen molar-refractivity contribution in [3.63, 3.8) is 0 Å². The van der Waals surface area contributed by atoms with Gasteiger partial charge in [-0.1, -0.05) is 23.7 Å². The number of nitriles is 1. The number of carbonyl (C=O) groups excluding carboxylic acids is 6. The smallest absolute Gasteiger partial charge is 0.433 e. The summed E-state index contributed by atoms with van der Waals surface area (Å²) < 4.78 is 108. The van der Waals surface area contributed by atoms with E-state index < -0.39 is 34.6 Å². The first kappa shape index (κ1) is 87.7. The molecule has 0 spiro atoms. The molecule has 4 rings (SSSR count). The molecule has 0 atom stereocenters. The average Bonchev–Trinajstić information content (AvgIpc) is 0.788. The summed E-state index contributed by atoms with van der Waals surface area (Å²) in [6.45, 7) is 28.0. The van der Waals surface area contributed by atoms with Crippen molar-refractivity contribution in [1.29, 1.82) is 5.26 Å². The first-order valence-corrected chi connectivity index (χ1v) is 34.7. The van der Waals surface area contributed by atoms with E-state index in [1.165, 1.54) is 30.1 Å². The van der Waals surface area contributed by atoms with Gasteiger partial charge >= 0.3 is 24.1 Å². The molecule has 3 aromatic rings. The molecule has 27 nitrogen and oxygen atoms in total. The molecule has 102 heavy (non-hydrogen) atoms. The van der Waals surface area contributed by atoms with E-state index in [0.29, 0.717) is 168 Å². The van der Waals surface area contributed by atoms with Crippen molar-refractivity contribution in [2.75, 3.05) is 216 Å². The number of halogens is 4. The molecule has 3 amide bonds. The Balaban J connectivity index is 0.975. The Morgan fingerprint density at radius 2 is 0.912 bits per heavy atom. The summed E-state index contributed by atoms with van der Waals surface area (Å²) in [5, 5.41) is 15.4. The molecule has 1 aliphatic rings. The molecule has 0 saturated carbocycles. The minimum absolute atomic E-state index is 0.00105. The summed E-state index contributed by atoms with van der Waals surface area (Å²) in [5.41, 5.74) is -2.12. The molecule has 2 heterocycles. The second-order valence-corrected chi connectivity index (χ2v) is 27.2. The van der Waals surface area contributed by atoms with E-state index >= 15 is 0 Å². The van der Waals surface area contributed by atoms with Crippen LogP contribution in [0.25, 0.3) is 11.1 Å². The number of aryl methyl sites for hydroxylation is 1. The van der Waals surface area contributed by atoms with Crippen LogP contribution in [0, 0.1) is 18.3 Å². The van der Waals surface area contributed by atoms with Gasteiger partial charge < -0.3 is 72.4 Å². The Hall–Kier alpha value is -6.70. The number of hydrogen-bond donors (Lipinski definition) is 2. The summed E-state index contributed by atoms with van der Waals surface area (Å²) in [5.74, 6) is -1.76. The molecular weight excluding hydrogens is 1360 g/mol. The number of amides is 3. The Labute approximate surface area is 603 Å². The molecule has 572 valence electrons. The number of aromatic nitrogens is 1. The van der Waals surface area contributed by atoms with Crippen molar-refractivity contribution in [3.05, 3.63) is 76.1 Å². The van der Waals surface area contributed by atoms with Crippen LogP contribution in [0.2, 0.25) is 5.02 Å². The maximum atomic E-state index is 13.8. The minimum Gasteiger partial charge on any atom is -0.491 e. The number of nitrogens with one attached hydrogen (secondary N) is 2. The van der Waals surface area contributed by atoms with E-state index in [1.54, 1.807) is 31.2 Å². The number of anilines is 1. The topological polar surface area (TPSA) is 290 Å². The number of ether oxygens (including phenoxy) is 12. The molecule has 2 aromatic carbocycles. The normalized spacial score (nSPS) is 14.3. The van der Waals surface area contributed by atoms with Gasteiger partial charge in [0.15, 0.2) is 0 Å². The van der Waals surface area contributed by atoms with E-state index in [1.807, 2.05) is 81.9 Å². The fourth-order valence-corrected chi connectivity index (χ4v) is 10.1. The highest BCUT2D eigenvalue weighted by Crippen LogP contribution is 2.37. The second-order valence-electron chi connectivity index (χ2n) is 26.8. The van der Waals surface area contributed by atoms with Gasteiger partial charge in [0.25, 0.3) is 5.91 Å². The van der Waals surface area contributed by atoms with Crippen LogP contribution in [-0.2, 0) is 82.3 Å². The number of hydrogen-bond acceptors (Lipinski definition) is 24. The van der Waals surface area contributed by atoms with Gasteiger partial charge in [0, 0.05) is 100 Å². The average molecular weight is 1470 g/mol. The van der Waals surface area contributed by atoms with Crippen molar-refractivity contribution in [1.82, 2.24) is 35.2 Å². The van der Waals surface area contributed by atoms with Crippen LogP contribution in [-0.4, -0.2) is 288 Å². The Kier molecular flexibility index (Phi) is 39.7. The highest BCUT2D eigenvalue weighted by Gasteiger charge is 2.34. The molecule has 0 bridgehead atoms. The van der Waals surface area contributed by atoms with E-state index in [2.05, 4.69) is 15.6 Å². The van der Waals surface area contributed by atoms with Crippen LogP contribution < -0.4 is 20.3 Å². The number of pyridine rings is 1. The number of para-hydroxylation sites is 1. The fourth-order valence-electron chi connectivity index (χ4n) is 9.90. The van der Waals surface area contributed by atoms with Gasteiger partial charge in [-0.25, -0.2) is 0 Å². The molecule has 2 N–H and O–H groups in total. The minimum atomic E-state index is -4.76. The summed E-state index contributed by atoms with van der Waals surface area (Å²) in [6.07, 6.45) is -3.84. The molecule has 1 saturated heterocycles. The Bertz CT molecular complexity index is 3040. The van der Waals surface area contributed by atoms with E-state index in [4.69, 9.17) is 68.4 Å². The lowest BCUT2D eigenvalue weighted by Crippen LogP contribution is -2.50. The zero-order valence-corrected chi connectivity index (χ0v) is 62.0. The highest BCUT2D eigenvalue weighted by atomic mass is 35.5. The lowest BCUT2D eigenvalue weighted by Gasteiger charge is -2.34. The first-order chi connectivity index (χ1) is 48.3. The predicted octanol–water partition coefficient (Wildman–Crippen LogP) is 6.26. The van der Waals surface area contributed by atoms with Crippen LogP contribution in [0.3, 0.4) is 0 Å². The Morgan fingerprint density at radius 1 is 0.529 bits per heavy atom. The molecule has 0 aliphatic carbocycles. The lowest BCUT2D eigenvalue weighted by atomic mass is 9.99. The number of alkyl halides is 3. The lowest BCUT2D eigenvalue weighted by molar-refractivity contribution is -0.158. The molecule has 1 fully saturated rings. The van der Waals surface area contributed by atoms with Gasteiger partial charge in [-0.3, -0.25) is 53.4 Å². The third-order valence-corrected chi connectivity index (χ3v) is 14.9. The largest absolute Gasteiger partial charge is 0.491 e. The monoisotopic (exact) mass is 1470 g/mol. The van der Waals surface area contributed by atoms with Crippen LogP contribution in [0.4, 0.5) is 18.9 Å². The number of esters is 3. The van der Waals surface area contributed by atoms with Crippen LogP contribution in [0.15, 0.2) is 48.7 Å². The molecule has 1 aromatic heterocycles. The van der Waals surface area contributed by atoms with E-state index in [-0.39, 0.29) is 123 Å². The van der Waals surface area contributed by atoms with Gasteiger partial charge in [-0.15, -0.1) is 0 Å². The number of nitrogens with zero attached hydrogens (tertiary/aromatic N) is 7. The van der Waals surface area contributed by atoms with Crippen molar-refractivity contribution in [2.24, 2.45) is 0 Å². The molecule has 0 radical (unpaired) electrons. The van der Waals surface area contributed by atoms with Crippen molar-refractivity contribution < 1.29 is 98.8 Å². The zero-order chi connectivity index (χ0) is 75.1. The first-order valence-electron chi connectivity index (χ1n) is 34.3. The fraction of sp³-hybridized carbons (Fsp3) is 0.662. The van der Waals surface area contributed by atoms with Gasteiger partial charge in [-0.05, 0) is 105 Å². The summed E-state index contributed by atoms with van der Waals surface area (Å²) in [4.78, 5) is 91.6. The van der Waals surface area contributed by atoms with Crippen LogP contribution in [0.5, 0.6) is 5.75 Å². The van der Waals surface area contributed by atoms with Crippen molar-refractivity contribution in [2.45, 2.75) is 98.6 Å². The molecule has 1 aliphatic heterocycles. The van der Waals surface area contributed by atoms with Crippen molar-refractivity contribution in [3.8, 4) is 22.9 Å². The summed E-state index contributed by atoms with van der Waals surface area (Å²) >= 11 is 6.41. The maximum absolute atomic E-state index is 13.8. The van der Waals surface area contributed by atoms with Crippen molar-refractivity contribution >= 4 is 52.9 Å².